The second-order valence-corrected chi connectivity index (χ2v) is 9.88. The van der Waals surface area contributed by atoms with Gasteiger partial charge in [-0.05, 0) is 67.0 Å². The van der Waals surface area contributed by atoms with Crippen LogP contribution in [-0.4, -0.2) is 52.7 Å². The Kier molecular flexibility index (Phi) is 5.70. The van der Waals surface area contributed by atoms with Crippen molar-refractivity contribution in [3.63, 3.8) is 0 Å². The quantitative estimate of drug-likeness (QED) is 0.429. The van der Waals surface area contributed by atoms with Gasteiger partial charge in [0.05, 0.1) is 23.6 Å². The summed E-state index contributed by atoms with van der Waals surface area (Å²) in [6.45, 7) is 2.78. The molecule has 2 aliphatic heterocycles. The zero-order valence-electron chi connectivity index (χ0n) is 20.8. The van der Waals surface area contributed by atoms with Gasteiger partial charge in [-0.3, -0.25) is 4.79 Å². The van der Waals surface area contributed by atoms with Crippen molar-refractivity contribution in [2.24, 2.45) is 7.05 Å². The summed E-state index contributed by atoms with van der Waals surface area (Å²) in [7, 11) is 6.09. The average Bonchev–Trinajstić information content (AvgIpc) is 3.61. The van der Waals surface area contributed by atoms with Crippen molar-refractivity contribution in [1.82, 2.24) is 24.8 Å². The summed E-state index contributed by atoms with van der Waals surface area (Å²) < 4.78 is 7.64. The minimum atomic E-state index is -0.0686. The van der Waals surface area contributed by atoms with E-state index in [1.807, 2.05) is 42.2 Å². The number of amides is 1. The van der Waals surface area contributed by atoms with Crippen molar-refractivity contribution < 1.29 is 9.53 Å². The molecular formula is C28H30N6O2. The average molecular weight is 483 g/mol. The molecule has 36 heavy (non-hydrogen) atoms. The van der Waals surface area contributed by atoms with Crippen LogP contribution in [0.1, 0.15) is 39.5 Å². The number of nitrogens with one attached hydrogen (secondary N) is 2. The van der Waals surface area contributed by atoms with Crippen LogP contribution < -0.4 is 10.6 Å². The highest BCUT2D eigenvalue weighted by molar-refractivity contribution is 6.07. The van der Waals surface area contributed by atoms with Crippen LogP contribution in [0.25, 0.3) is 22.2 Å². The first-order chi connectivity index (χ1) is 17.5. The molecule has 5 heterocycles. The molecule has 2 N–H and O–H groups in total. The second-order valence-electron chi connectivity index (χ2n) is 9.88. The molecule has 1 saturated heterocycles. The molecule has 8 nitrogen and oxygen atoms in total. The molecule has 1 amide bonds. The van der Waals surface area contributed by atoms with Crippen molar-refractivity contribution in [3.8, 4) is 11.1 Å². The molecule has 0 bridgehead atoms. The third-order valence-corrected chi connectivity index (χ3v) is 7.13. The number of ether oxygens (including phenoxy) is 1. The molecule has 4 aromatic rings. The Balaban J connectivity index is 1.39. The number of pyridine rings is 2. The van der Waals surface area contributed by atoms with Crippen LogP contribution in [0, 0.1) is 0 Å². The lowest BCUT2D eigenvalue weighted by atomic mass is 9.94. The molecule has 0 spiro atoms. The van der Waals surface area contributed by atoms with E-state index in [0.717, 1.165) is 71.1 Å². The number of anilines is 2. The smallest absolute Gasteiger partial charge is 0.254 e. The molecule has 184 valence electrons. The fourth-order valence-corrected chi connectivity index (χ4v) is 5.40. The number of benzene rings is 1. The zero-order valence-corrected chi connectivity index (χ0v) is 20.8. The van der Waals surface area contributed by atoms with Crippen LogP contribution in [0.3, 0.4) is 0 Å². The maximum atomic E-state index is 13.0. The summed E-state index contributed by atoms with van der Waals surface area (Å²) >= 11 is 0. The number of hydrogen-bond donors (Lipinski definition) is 2. The molecule has 2 aliphatic rings. The molecule has 6 rings (SSSR count). The van der Waals surface area contributed by atoms with E-state index in [1.54, 1.807) is 0 Å². The van der Waals surface area contributed by atoms with E-state index in [1.165, 1.54) is 5.56 Å². The minimum Gasteiger partial charge on any atom is -0.381 e. The van der Waals surface area contributed by atoms with E-state index in [0.29, 0.717) is 18.0 Å². The predicted molar refractivity (Wildman–Crippen MR) is 140 cm³/mol. The highest BCUT2D eigenvalue weighted by atomic mass is 16.5. The van der Waals surface area contributed by atoms with Gasteiger partial charge in [-0.25, -0.2) is 9.97 Å². The number of carbonyl (C=O) groups excluding carboxylic acids is 1. The third-order valence-electron chi connectivity index (χ3n) is 7.13. The number of aromatic nitrogens is 3. The van der Waals surface area contributed by atoms with Crippen molar-refractivity contribution in [1.29, 1.82) is 0 Å². The van der Waals surface area contributed by atoms with Crippen LogP contribution in [0.2, 0.25) is 0 Å². The Morgan fingerprint density at radius 2 is 2.06 bits per heavy atom. The van der Waals surface area contributed by atoms with Gasteiger partial charge in [0.15, 0.2) is 0 Å². The van der Waals surface area contributed by atoms with Crippen molar-refractivity contribution in [3.05, 3.63) is 71.2 Å². The van der Waals surface area contributed by atoms with E-state index < -0.39 is 0 Å². The summed E-state index contributed by atoms with van der Waals surface area (Å²) in [4.78, 5) is 24.6. The van der Waals surface area contributed by atoms with Gasteiger partial charge in [0.2, 0.25) is 0 Å². The number of carbonyl (C=O) groups is 1. The molecule has 0 radical (unpaired) electrons. The maximum absolute atomic E-state index is 13.0. The topological polar surface area (TPSA) is 84.3 Å². The number of hydrogen-bond acceptors (Lipinski definition) is 6. The minimum absolute atomic E-state index is 0.0686. The Hall–Kier alpha value is -3.75. The zero-order chi connectivity index (χ0) is 24.8. The van der Waals surface area contributed by atoms with Crippen LogP contribution in [0.15, 0.2) is 48.8 Å². The lowest BCUT2D eigenvalue weighted by molar-refractivity contribution is 0.0966. The van der Waals surface area contributed by atoms with E-state index in [9.17, 15) is 4.79 Å². The maximum Gasteiger partial charge on any atom is 0.254 e. The van der Waals surface area contributed by atoms with Gasteiger partial charge < -0.3 is 24.8 Å². The lowest BCUT2D eigenvalue weighted by Gasteiger charge is -2.19. The van der Waals surface area contributed by atoms with E-state index in [2.05, 4.69) is 52.8 Å². The monoisotopic (exact) mass is 482 g/mol. The van der Waals surface area contributed by atoms with Crippen LogP contribution in [0.5, 0.6) is 0 Å². The Bertz CT molecular complexity index is 1470. The van der Waals surface area contributed by atoms with Crippen molar-refractivity contribution in [2.45, 2.75) is 25.4 Å². The van der Waals surface area contributed by atoms with Gasteiger partial charge in [0.1, 0.15) is 11.5 Å². The molecule has 1 fully saturated rings. The number of rotatable bonds is 6. The summed E-state index contributed by atoms with van der Waals surface area (Å²) in [5.41, 5.74) is 7.77. The first-order valence-corrected chi connectivity index (χ1v) is 12.3. The molecule has 0 aliphatic carbocycles. The molecule has 8 heteroatoms. The van der Waals surface area contributed by atoms with Crippen LogP contribution in [0.4, 0.5) is 11.5 Å². The summed E-state index contributed by atoms with van der Waals surface area (Å²) in [6.07, 6.45) is 4.86. The first-order valence-electron chi connectivity index (χ1n) is 12.3. The summed E-state index contributed by atoms with van der Waals surface area (Å²) in [6, 6.07) is 12.3. The number of fused-ring (bicyclic) bond motifs is 2. The van der Waals surface area contributed by atoms with Gasteiger partial charge in [0.25, 0.3) is 5.91 Å². The SMILES string of the molecule is CN(C)Cc1nc(Nc2ccc(-c3ccnc4c3ccn4C)c3c2C(=O)NC3)ccc1[C@H]1CCOC1. The molecule has 1 atom stereocenters. The molecule has 0 unspecified atom stereocenters. The van der Waals surface area contributed by atoms with Crippen molar-refractivity contribution in [2.75, 3.05) is 32.6 Å². The Labute approximate surface area is 210 Å². The van der Waals surface area contributed by atoms with Gasteiger partial charge in [-0.2, -0.15) is 0 Å². The first kappa shape index (κ1) is 22.7. The molecular weight excluding hydrogens is 452 g/mol. The third kappa shape index (κ3) is 3.92. The van der Waals surface area contributed by atoms with Gasteiger partial charge in [-0.1, -0.05) is 12.1 Å². The number of aryl methyl sites for hydroxylation is 1. The van der Waals surface area contributed by atoms with Gasteiger partial charge >= 0.3 is 0 Å². The molecule has 0 saturated carbocycles. The normalized spacial score (nSPS) is 17.1. The van der Waals surface area contributed by atoms with E-state index in [4.69, 9.17) is 9.72 Å². The highest BCUT2D eigenvalue weighted by Crippen LogP contribution is 2.38. The second kappa shape index (κ2) is 9.04. The van der Waals surface area contributed by atoms with Crippen molar-refractivity contribution >= 4 is 28.4 Å². The van der Waals surface area contributed by atoms with Crippen LogP contribution in [-0.2, 0) is 24.9 Å². The molecule has 1 aromatic carbocycles. The van der Waals surface area contributed by atoms with Crippen LogP contribution >= 0.6 is 0 Å². The predicted octanol–water partition coefficient (Wildman–Crippen LogP) is 4.19. The standard InChI is InChI=1S/C28H30N6O2/c1-33(2)15-24-18(17-10-13-36-16-17)5-7-25(32-24)31-23-6-4-19(22-14-30-28(35)26(22)23)20-8-11-29-27-21(20)9-12-34(27)3/h4-9,11-12,17H,10,13-16H2,1-3H3,(H,30,35)(H,31,32)/t17-/m0/s1. The van der Waals surface area contributed by atoms with E-state index in [-0.39, 0.29) is 5.91 Å². The van der Waals surface area contributed by atoms with E-state index >= 15 is 0 Å². The fourth-order valence-electron chi connectivity index (χ4n) is 5.40. The van der Waals surface area contributed by atoms with Gasteiger partial charge in [0, 0.05) is 50.4 Å². The lowest BCUT2D eigenvalue weighted by Crippen LogP contribution is -2.16. The molecule has 3 aromatic heterocycles. The largest absolute Gasteiger partial charge is 0.381 e. The summed E-state index contributed by atoms with van der Waals surface area (Å²) in [5, 5.41) is 7.54. The Morgan fingerprint density at radius 1 is 1.17 bits per heavy atom. The number of nitrogens with zero attached hydrogens (tertiary/aromatic N) is 4. The van der Waals surface area contributed by atoms with Gasteiger partial charge in [-0.15, -0.1) is 0 Å². The fraction of sp³-hybridized carbons (Fsp3) is 0.321. The Morgan fingerprint density at radius 3 is 2.86 bits per heavy atom. The highest BCUT2D eigenvalue weighted by Gasteiger charge is 2.27. The summed E-state index contributed by atoms with van der Waals surface area (Å²) in [5.74, 6) is 1.05.